The van der Waals surface area contributed by atoms with Crippen LogP contribution in [-0.4, -0.2) is 54.0 Å². The van der Waals surface area contributed by atoms with E-state index in [1.165, 1.54) is 0 Å². The zero-order valence-corrected chi connectivity index (χ0v) is 19.0. The number of pyridine rings is 1. The number of amides is 1. The average Bonchev–Trinajstić information content (AvgIpc) is 2.79. The first kappa shape index (κ1) is 22.1. The Morgan fingerprint density at radius 3 is 2.53 bits per heavy atom. The van der Waals surface area contributed by atoms with Gasteiger partial charge < -0.3 is 14.6 Å². The van der Waals surface area contributed by atoms with Gasteiger partial charge in [0, 0.05) is 49.0 Å². The van der Waals surface area contributed by atoms with Crippen molar-refractivity contribution < 1.29 is 9.53 Å². The number of aryl methyl sites for hydroxylation is 1. The molecule has 2 aromatic carbocycles. The summed E-state index contributed by atoms with van der Waals surface area (Å²) in [5.74, 6) is 0.565. The molecule has 1 aliphatic heterocycles. The lowest BCUT2D eigenvalue weighted by Crippen LogP contribution is -2.49. The summed E-state index contributed by atoms with van der Waals surface area (Å²) in [5.41, 5.74) is 3.56. The topological polar surface area (TPSA) is 65.6 Å². The van der Waals surface area contributed by atoms with Gasteiger partial charge in [0.25, 0.3) is 11.5 Å². The van der Waals surface area contributed by atoms with E-state index < -0.39 is 0 Å². The maximum atomic E-state index is 13.0. The van der Waals surface area contributed by atoms with Gasteiger partial charge in [-0.15, -0.1) is 0 Å². The fraction of sp³-hybridized carbons (Fsp3) is 0.280. The van der Waals surface area contributed by atoms with Crippen LogP contribution in [0.5, 0.6) is 5.75 Å². The normalized spacial score (nSPS) is 14.4. The summed E-state index contributed by atoms with van der Waals surface area (Å²) in [6.45, 7) is 5.22. The van der Waals surface area contributed by atoms with Crippen molar-refractivity contribution in [2.24, 2.45) is 0 Å². The third-order valence-corrected chi connectivity index (χ3v) is 6.00. The summed E-state index contributed by atoms with van der Waals surface area (Å²) >= 11 is 6.14. The van der Waals surface area contributed by atoms with E-state index in [2.05, 4.69) is 9.88 Å². The SMILES string of the molecule is COc1ccc(Cl)cc1CN1CCN(C(=O)c2ccc(-c3cccc(C)c3)[nH]c2=O)CC1. The molecule has 0 atom stereocenters. The minimum atomic E-state index is -0.361. The number of ether oxygens (including phenoxy) is 1. The molecule has 1 saturated heterocycles. The van der Waals surface area contributed by atoms with Crippen LogP contribution in [0.3, 0.4) is 0 Å². The lowest BCUT2D eigenvalue weighted by atomic mass is 10.1. The van der Waals surface area contributed by atoms with E-state index in [-0.39, 0.29) is 17.0 Å². The van der Waals surface area contributed by atoms with Gasteiger partial charge in [0.1, 0.15) is 11.3 Å². The number of piperazine rings is 1. The van der Waals surface area contributed by atoms with Crippen molar-refractivity contribution >= 4 is 17.5 Å². The lowest BCUT2D eigenvalue weighted by molar-refractivity contribution is 0.0625. The quantitative estimate of drug-likeness (QED) is 0.637. The van der Waals surface area contributed by atoms with Crippen LogP contribution >= 0.6 is 11.6 Å². The molecule has 0 unspecified atom stereocenters. The molecule has 0 spiro atoms. The van der Waals surface area contributed by atoms with Gasteiger partial charge in [-0.25, -0.2) is 0 Å². The molecule has 0 aliphatic carbocycles. The van der Waals surface area contributed by atoms with Gasteiger partial charge in [-0.05, 0) is 48.9 Å². The molecular weight excluding hydrogens is 426 g/mol. The number of hydrogen-bond acceptors (Lipinski definition) is 4. The maximum Gasteiger partial charge on any atom is 0.261 e. The number of hydrogen-bond donors (Lipinski definition) is 1. The molecule has 1 fully saturated rings. The van der Waals surface area contributed by atoms with Crippen LogP contribution in [0, 0.1) is 6.92 Å². The Hall–Kier alpha value is -3.09. The van der Waals surface area contributed by atoms with E-state index in [4.69, 9.17) is 16.3 Å². The first-order valence-electron chi connectivity index (χ1n) is 10.6. The summed E-state index contributed by atoms with van der Waals surface area (Å²) in [6.07, 6.45) is 0. The van der Waals surface area contributed by atoms with Gasteiger partial charge in [-0.2, -0.15) is 0 Å². The van der Waals surface area contributed by atoms with Crippen LogP contribution in [0.25, 0.3) is 11.3 Å². The van der Waals surface area contributed by atoms with Crippen LogP contribution in [0.4, 0.5) is 0 Å². The third kappa shape index (κ3) is 4.87. The van der Waals surface area contributed by atoms with E-state index in [1.54, 1.807) is 24.1 Å². The van der Waals surface area contributed by atoms with E-state index in [1.807, 2.05) is 49.4 Å². The molecule has 0 radical (unpaired) electrons. The largest absolute Gasteiger partial charge is 0.496 e. The van der Waals surface area contributed by atoms with Gasteiger partial charge in [-0.1, -0.05) is 35.4 Å². The van der Waals surface area contributed by atoms with Gasteiger partial charge in [0.15, 0.2) is 0 Å². The number of carbonyl (C=O) groups is 1. The van der Waals surface area contributed by atoms with Gasteiger partial charge in [-0.3, -0.25) is 14.5 Å². The highest BCUT2D eigenvalue weighted by Gasteiger charge is 2.24. The molecule has 166 valence electrons. The summed E-state index contributed by atoms with van der Waals surface area (Å²) in [7, 11) is 1.64. The Morgan fingerprint density at radius 1 is 1.06 bits per heavy atom. The zero-order chi connectivity index (χ0) is 22.7. The van der Waals surface area contributed by atoms with Crippen LogP contribution in [0.2, 0.25) is 5.02 Å². The van der Waals surface area contributed by atoms with Gasteiger partial charge in [0.2, 0.25) is 0 Å². The van der Waals surface area contributed by atoms with E-state index in [0.717, 1.165) is 22.4 Å². The molecule has 32 heavy (non-hydrogen) atoms. The highest BCUT2D eigenvalue weighted by atomic mass is 35.5. The predicted octanol–water partition coefficient (Wildman–Crippen LogP) is 3.97. The number of benzene rings is 2. The standard InChI is InChI=1S/C25H26ClN3O3/c1-17-4-3-5-18(14-17)22-8-7-21(24(30)27-22)25(31)29-12-10-28(11-13-29)16-19-15-20(26)6-9-23(19)32-2/h3-9,14-15H,10-13,16H2,1-2H3,(H,27,30). The second-order valence-corrected chi connectivity index (χ2v) is 8.45. The summed E-state index contributed by atoms with van der Waals surface area (Å²) < 4.78 is 5.43. The van der Waals surface area contributed by atoms with Gasteiger partial charge in [0.05, 0.1) is 7.11 Å². The number of aromatic amines is 1. The fourth-order valence-corrected chi connectivity index (χ4v) is 4.21. The van der Waals surface area contributed by atoms with E-state index in [0.29, 0.717) is 43.4 Å². The van der Waals surface area contributed by atoms with Crippen molar-refractivity contribution in [3.8, 4) is 17.0 Å². The smallest absolute Gasteiger partial charge is 0.261 e. The second-order valence-electron chi connectivity index (χ2n) is 8.01. The molecule has 0 saturated carbocycles. The van der Waals surface area contributed by atoms with Crippen molar-refractivity contribution in [3.05, 3.63) is 86.7 Å². The molecule has 1 aliphatic rings. The number of halogens is 1. The highest BCUT2D eigenvalue weighted by Crippen LogP contribution is 2.24. The summed E-state index contributed by atoms with van der Waals surface area (Å²) in [5, 5.41) is 0.669. The molecule has 1 aromatic heterocycles. The Labute approximate surface area is 192 Å². The molecule has 4 rings (SSSR count). The molecule has 3 aromatic rings. The highest BCUT2D eigenvalue weighted by molar-refractivity contribution is 6.30. The second kappa shape index (κ2) is 9.59. The lowest BCUT2D eigenvalue weighted by Gasteiger charge is -2.34. The Balaban J connectivity index is 1.41. The molecule has 1 amide bonds. The van der Waals surface area contributed by atoms with Crippen molar-refractivity contribution in [1.29, 1.82) is 0 Å². The number of H-pyrrole nitrogens is 1. The predicted molar refractivity (Wildman–Crippen MR) is 126 cm³/mol. The fourth-order valence-electron chi connectivity index (χ4n) is 4.01. The van der Waals surface area contributed by atoms with Crippen LogP contribution < -0.4 is 10.3 Å². The minimum absolute atomic E-state index is 0.173. The first-order chi connectivity index (χ1) is 15.4. The zero-order valence-electron chi connectivity index (χ0n) is 18.2. The molecule has 7 heteroatoms. The Bertz CT molecular complexity index is 1180. The Morgan fingerprint density at radius 2 is 1.84 bits per heavy atom. The average molecular weight is 452 g/mol. The van der Waals surface area contributed by atoms with Crippen molar-refractivity contribution in [2.75, 3.05) is 33.3 Å². The molecule has 6 nitrogen and oxygen atoms in total. The number of rotatable bonds is 5. The molecule has 2 heterocycles. The first-order valence-corrected chi connectivity index (χ1v) is 11.0. The summed E-state index contributed by atoms with van der Waals surface area (Å²) in [6, 6.07) is 16.9. The minimum Gasteiger partial charge on any atom is -0.496 e. The van der Waals surface area contributed by atoms with E-state index in [9.17, 15) is 9.59 Å². The number of aromatic nitrogens is 1. The van der Waals surface area contributed by atoms with Crippen molar-refractivity contribution in [3.63, 3.8) is 0 Å². The maximum absolute atomic E-state index is 13.0. The van der Waals surface area contributed by atoms with Crippen molar-refractivity contribution in [1.82, 2.24) is 14.8 Å². The Kier molecular flexibility index (Phi) is 6.63. The molecular formula is C25H26ClN3O3. The monoisotopic (exact) mass is 451 g/mol. The van der Waals surface area contributed by atoms with Crippen LogP contribution in [-0.2, 0) is 6.54 Å². The number of carbonyl (C=O) groups excluding carboxylic acids is 1. The van der Waals surface area contributed by atoms with Gasteiger partial charge >= 0.3 is 0 Å². The van der Waals surface area contributed by atoms with E-state index >= 15 is 0 Å². The van der Waals surface area contributed by atoms with Crippen LogP contribution in [0.1, 0.15) is 21.5 Å². The van der Waals surface area contributed by atoms with Crippen LogP contribution in [0.15, 0.2) is 59.4 Å². The molecule has 1 N–H and O–H groups in total. The third-order valence-electron chi connectivity index (χ3n) is 5.76. The molecule has 0 bridgehead atoms. The summed E-state index contributed by atoms with van der Waals surface area (Å²) in [4.78, 5) is 32.5. The number of nitrogens with one attached hydrogen (secondary N) is 1. The van der Waals surface area contributed by atoms with Crippen molar-refractivity contribution in [2.45, 2.75) is 13.5 Å². The number of methoxy groups -OCH3 is 1. The number of nitrogens with zero attached hydrogens (tertiary/aromatic N) is 2.